The van der Waals surface area contributed by atoms with Crippen molar-refractivity contribution in [3.05, 3.63) is 65.2 Å². The predicted molar refractivity (Wildman–Crippen MR) is 92.0 cm³/mol. The second kappa shape index (κ2) is 7.93. The molecular weight excluding hydrogens is 324 g/mol. The van der Waals surface area contributed by atoms with Crippen LogP contribution in [0.3, 0.4) is 0 Å². The molecule has 0 radical (unpaired) electrons. The Balaban J connectivity index is 1.82. The summed E-state index contributed by atoms with van der Waals surface area (Å²) in [6.45, 7) is 0.825. The van der Waals surface area contributed by atoms with Gasteiger partial charge < -0.3 is 10.2 Å². The molecule has 0 spiro atoms. The van der Waals surface area contributed by atoms with Crippen LogP contribution < -0.4 is 0 Å². The molecule has 1 fully saturated rings. The molecule has 0 aromatic heterocycles. The van der Waals surface area contributed by atoms with Crippen molar-refractivity contribution < 1.29 is 19.0 Å². The van der Waals surface area contributed by atoms with Gasteiger partial charge in [0.05, 0.1) is 6.10 Å². The van der Waals surface area contributed by atoms with Crippen LogP contribution in [0.2, 0.25) is 0 Å². The summed E-state index contributed by atoms with van der Waals surface area (Å²) in [7, 11) is 0. The third kappa shape index (κ3) is 4.55. The van der Waals surface area contributed by atoms with Gasteiger partial charge >= 0.3 is 0 Å². The average Bonchev–Trinajstić information content (AvgIpc) is 2.59. The van der Waals surface area contributed by atoms with Crippen LogP contribution in [0.4, 0.5) is 8.78 Å². The topological polar surface area (TPSA) is 43.7 Å². The number of phenols is 1. The van der Waals surface area contributed by atoms with Crippen LogP contribution in [-0.4, -0.2) is 27.3 Å². The SMILES string of the molecule is Oc1cccc(CN(Cc2cccc(F)c2F)C2CCC(O)CC2)c1. The Kier molecular flexibility index (Phi) is 5.66. The summed E-state index contributed by atoms with van der Waals surface area (Å²) in [5.74, 6) is -1.46. The van der Waals surface area contributed by atoms with Crippen LogP contribution in [0, 0.1) is 11.6 Å². The normalized spacial score (nSPS) is 20.8. The number of rotatable bonds is 5. The van der Waals surface area contributed by atoms with E-state index in [4.69, 9.17) is 0 Å². The molecule has 0 heterocycles. The van der Waals surface area contributed by atoms with Crippen LogP contribution in [-0.2, 0) is 13.1 Å². The lowest BCUT2D eigenvalue weighted by molar-refractivity contribution is 0.0659. The third-order valence-corrected chi connectivity index (χ3v) is 4.88. The molecule has 25 heavy (non-hydrogen) atoms. The molecule has 2 aromatic rings. The molecule has 134 valence electrons. The Morgan fingerprint density at radius 3 is 2.40 bits per heavy atom. The number of halogens is 2. The van der Waals surface area contributed by atoms with Gasteiger partial charge in [-0.2, -0.15) is 0 Å². The summed E-state index contributed by atoms with van der Waals surface area (Å²) in [6, 6.07) is 11.4. The minimum Gasteiger partial charge on any atom is -0.508 e. The smallest absolute Gasteiger partial charge is 0.163 e. The summed E-state index contributed by atoms with van der Waals surface area (Å²) >= 11 is 0. The van der Waals surface area contributed by atoms with Gasteiger partial charge in [-0.25, -0.2) is 8.78 Å². The van der Waals surface area contributed by atoms with Crippen molar-refractivity contribution in [2.24, 2.45) is 0 Å². The van der Waals surface area contributed by atoms with Gasteiger partial charge in [-0.15, -0.1) is 0 Å². The fourth-order valence-electron chi connectivity index (χ4n) is 3.52. The molecule has 1 aliphatic rings. The van der Waals surface area contributed by atoms with Crippen LogP contribution in [0.15, 0.2) is 42.5 Å². The van der Waals surface area contributed by atoms with Crippen molar-refractivity contribution in [1.29, 1.82) is 0 Å². The summed E-state index contributed by atoms with van der Waals surface area (Å²) in [6.07, 6.45) is 2.79. The molecule has 0 unspecified atom stereocenters. The molecule has 0 saturated heterocycles. The van der Waals surface area contributed by atoms with E-state index in [1.54, 1.807) is 24.3 Å². The molecule has 3 nitrogen and oxygen atoms in total. The minimum atomic E-state index is -0.839. The quantitative estimate of drug-likeness (QED) is 0.860. The third-order valence-electron chi connectivity index (χ3n) is 4.88. The highest BCUT2D eigenvalue weighted by molar-refractivity contribution is 5.27. The molecule has 3 rings (SSSR count). The molecular formula is C20H23F2NO2. The number of benzene rings is 2. The van der Waals surface area contributed by atoms with E-state index in [9.17, 15) is 19.0 Å². The van der Waals surface area contributed by atoms with Gasteiger partial charge in [-0.3, -0.25) is 4.90 Å². The zero-order chi connectivity index (χ0) is 17.8. The Morgan fingerprint density at radius 2 is 1.68 bits per heavy atom. The van der Waals surface area contributed by atoms with Gasteiger partial charge in [0.25, 0.3) is 0 Å². The average molecular weight is 347 g/mol. The predicted octanol–water partition coefficient (Wildman–Crippen LogP) is 3.98. The lowest BCUT2D eigenvalue weighted by Crippen LogP contribution is -2.38. The molecule has 0 atom stereocenters. The van der Waals surface area contributed by atoms with Crippen LogP contribution in [0.25, 0.3) is 0 Å². The highest BCUT2D eigenvalue weighted by Gasteiger charge is 2.26. The van der Waals surface area contributed by atoms with Crippen molar-refractivity contribution in [3.8, 4) is 5.75 Å². The van der Waals surface area contributed by atoms with Crippen LogP contribution in [0.1, 0.15) is 36.8 Å². The molecule has 2 aromatic carbocycles. The maximum atomic E-state index is 14.1. The van der Waals surface area contributed by atoms with Gasteiger partial charge in [0.2, 0.25) is 0 Å². The fourth-order valence-corrected chi connectivity index (χ4v) is 3.52. The zero-order valence-corrected chi connectivity index (χ0v) is 14.0. The Labute approximate surface area is 146 Å². The first-order valence-corrected chi connectivity index (χ1v) is 8.66. The van der Waals surface area contributed by atoms with Crippen molar-refractivity contribution in [2.45, 2.75) is 50.9 Å². The van der Waals surface area contributed by atoms with E-state index in [0.29, 0.717) is 31.5 Å². The first kappa shape index (κ1) is 17.8. The highest BCUT2D eigenvalue weighted by atomic mass is 19.2. The molecule has 1 saturated carbocycles. The zero-order valence-electron chi connectivity index (χ0n) is 14.0. The van der Waals surface area contributed by atoms with Gasteiger partial charge in [0.15, 0.2) is 11.6 Å². The van der Waals surface area contributed by atoms with Gasteiger partial charge in [0, 0.05) is 24.7 Å². The number of nitrogens with zero attached hydrogens (tertiary/aromatic N) is 1. The van der Waals surface area contributed by atoms with E-state index in [-0.39, 0.29) is 17.9 Å². The maximum Gasteiger partial charge on any atom is 0.163 e. The number of phenolic OH excluding ortho intramolecular Hbond substituents is 1. The van der Waals surface area contributed by atoms with E-state index in [2.05, 4.69) is 4.90 Å². The first-order valence-electron chi connectivity index (χ1n) is 8.66. The number of aromatic hydroxyl groups is 1. The summed E-state index contributed by atoms with van der Waals surface area (Å²) in [4.78, 5) is 2.11. The van der Waals surface area contributed by atoms with Gasteiger partial charge in [-0.1, -0.05) is 24.3 Å². The van der Waals surface area contributed by atoms with Gasteiger partial charge in [-0.05, 0) is 49.4 Å². The largest absolute Gasteiger partial charge is 0.508 e. The Bertz CT molecular complexity index is 715. The van der Waals surface area contributed by atoms with E-state index in [1.165, 1.54) is 6.07 Å². The molecule has 0 bridgehead atoms. The van der Waals surface area contributed by atoms with E-state index >= 15 is 0 Å². The van der Waals surface area contributed by atoms with Crippen molar-refractivity contribution in [3.63, 3.8) is 0 Å². The van der Waals surface area contributed by atoms with Gasteiger partial charge in [0.1, 0.15) is 5.75 Å². The number of hydrogen-bond donors (Lipinski definition) is 2. The van der Waals surface area contributed by atoms with Crippen molar-refractivity contribution in [1.82, 2.24) is 4.90 Å². The summed E-state index contributed by atoms with van der Waals surface area (Å²) in [5.41, 5.74) is 1.24. The first-order chi connectivity index (χ1) is 12.0. The second-order valence-electron chi connectivity index (χ2n) is 6.75. The molecule has 1 aliphatic carbocycles. The lowest BCUT2D eigenvalue weighted by Gasteiger charge is -2.36. The molecule has 0 amide bonds. The van der Waals surface area contributed by atoms with Crippen LogP contribution >= 0.6 is 0 Å². The summed E-state index contributed by atoms with van der Waals surface area (Å²) in [5, 5.41) is 19.4. The highest BCUT2D eigenvalue weighted by Crippen LogP contribution is 2.27. The van der Waals surface area contributed by atoms with Crippen molar-refractivity contribution in [2.75, 3.05) is 0 Å². The maximum absolute atomic E-state index is 14.1. The molecule has 0 aliphatic heterocycles. The monoisotopic (exact) mass is 347 g/mol. The van der Waals surface area contributed by atoms with E-state index in [1.807, 2.05) is 6.07 Å². The number of aliphatic hydroxyl groups is 1. The Hall–Kier alpha value is -1.98. The van der Waals surface area contributed by atoms with Crippen LogP contribution in [0.5, 0.6) is 5.75 Å². The second-order valence-corrected chi connectivity index (χ2v) is 6.75. The molecule has 2 N–H and O–H groups in total. The summed E-state index contributed by atoms with van der Waals surface area (Å²) < 4.78 is 27.7. The van der Waals surface area contributed by atoms with Crippen molar-refractivity contribution >= 4 is 0 Å². The fraction of sp³-hybridized carbons (Fsp3) is 0.400. The number of aliphatic hydroxyl groups excluding tert-OH is 1. The molecule has 5 heteroatoms. The number of hydrogen-bond acceptors (Lipinski definition) is 3. The van der Waals surface area contributed by atoms with E-state index in [0.717, 1.165) is 24.5 Å². The van der Waals surface area contributed by atoms with E-state index < -0.39 is 11.6 Å². The lowest BCUT2D eigenvalue weighted by atomic mass is 9.91. The Morgan fingerprint density at radius 1 is 0.960 bits per heavy atom. The standard InChI is InChI=1S/C20H23F2NO2/c21-19-6-2-4-15(20(19)22)13-23(16-7-9-17(24)10-8-16)12-14-3-1-5-18(25)11-14/h1-6,11,16-17,24-25H,7-10,12-13H2. The minimum absolute atomic E-state index is 0.188.